The number of anilines is 1. The van der Waals surface area contributed by atoms with Gasteiger partial charge in [0, 0.05) is 13.1 Å². The fraction of sp³-hybridized carbons (Fsp3) is 0.500. The number of hydrogen-bond donors (Lipinski definition) is 1. The first-order valence-corrected chi connectivity index (χ1v) is 9.66. The molecule has 1 aliphatic rings. The third-order valence-corrected chi connectivity index (χ3v) is 7.18. The molecular weight excluding hydrogens is 319 g/mol. The van der Waals surface area contributed by atoms with Crippen LogP contribution < -0.4 is 5.73 Å². The molecule has 1 aliphatic heterocycles. The van der Waals surface area contributed by atoms with Crippen molar-refractivity contribution in [1.29, 1.82) is 0 Å². The summed E-state index contributed by atoms with van der Waals surface area (Å²) < 4.78 is 62.8. The van der Waals surface area contributed by atoms with Crippen LogP contribution in [0.1, 0.15) is 12.0 Å². The first kappa shape index (κ1) is 16.2. The normalized spacial score (nSPS) is 20.1. The van der Waals surface area contributed by atoms with Gasteiger partial charge in [-0.15, -0.1) is 0 Å². The van der Waals surface area contributed by atoms with Crippen molar-refractivity contribution in [3.8, 4) is 0 Å². The number of nitrogen functional groups attached to an aromatic ring is 1. The molecule has 1 aromatic carbocycles. The minimum Gasteiger partial charge on any atom is -0.396 e. The Hall–Kier alpha value is -1.19. The molecule has 0 saturated carbocycles. The Morgan fingerprint density at radius 3 is 2.57 bits per heavy atom. The molecule has 1 saturated heterocycles. The summed E-state index contributed by atoms with van der Waals surface area (Å²) in [5.41, 5.74) is 5.43. The molecule has 0 aliphatic carbocycles. The van der Waals surface area contributed by atoms with Crippen LogP contribution in [0.5, 0.6) is 0 Å². The van der Waals surface area contributed by atoms with Crippen LogP contribution in [0.3, 0.4) is 0 Å². The van der Waals surface area contributed by atoms with E-state index in [1.54, 1.807) is 0 Å². The average molecular weight is 336 g/mol. The Morgan fingerprint density at radius 1 is 1.24 bits per heavy atom. The van der Waals surface area contributed by atoms with Crippen molar-refractivity contribution in [1.82, 2.24) is 4.31 Å². The Balaban J connectivity index is 2.41. The molecule has 2 rings (SSSR count). The van der Waals surface area contributed by atoms with Gasteiger partial charge in [0.05, 0.1) is 22.1 Å². The van der Waals surface area contributed by atoms with Crippen LogP contribution in [-0.4, -0.2) is 45.7 Å². The van der Waals surface area contributed by atoms with Crippen LogP contribution in [0.15, 0.2) is 17.0 Å². The van der Waals surface area contributed by atoms with E-state index in [-0.39, 0.29) is 47.2 Å². The standard InChI is InChI=1S/C12H17FN2O4S2/c1-9-7-10(13)11(14)8-12(9)21(18,19)15-3-2-5-20(16,17)6-4-15/h7-8H,2-6,14H2,1H3. The highest BCUT2D eigenvalue weighted by atomic mass is 32.2. The summed E-state index contributed by atoms with van der Waals surface area (Å²) in [6.07, 6.45) is 0.247. The Labute approximate surface area is 123 Å². The predicted molar refractivity (Wildman–Crippen MR) is 77.6 cm³/mol. The lowest BCUT2D eigenvalue weighted by molar-refractivity contribution is 0.434. The highest BCUT2D eigenvalue weighted by Gasteiger charge is 2.30. The van der Waals surface area contributed by atoms with Crippen LogP contribution in [0, 0.1) is 12.7 Å². The number of aryl methyl sites for hydroxylation is 1. The zero-order valence-electron chi connectivity index (χ0n) is 11.5. The summed E-state index contributed by atoms with van der Waals surface area (Å²) in [5, 5.41) is 0. The molecule has 1 heterocycles. The van der Waals surface area contributed by atoms with Crippen LogP contribution in [0.4, 0.5) is 10.1 Å². The molecule has 21 heavy (non-hydrogen) atoms. The summed E-state index contributed by atoms with van der Waals surface area (Å²) in [4.78, 5) is -0.0827. The summed E-state index contributed by atoms with van der Waals surface area (Å²) in [7, 11) is -7.09. The quantitative estimate of drug-likeness (QED) is 0.794. The van der Waals surface area contributed by atoms with Gasteiger partial charge in [0.1, 0.15) is 5.82 Å². The molecule has 0 radical (unpaired) electrons. The lowest BCUT2D eigenvalue weighted by atomic mass is 10.2. The fourth-order valence-electron chi connectivity index (χ4n) is 2.24. The van der Waals surface area contributed by atoms with E-state index < -0.39 is 25.7 Å². The highest BCUT2D eigenvalue weighted by molar-refractivity contribution is 7.91. The number of hydrogen-bond acceptors (Lipinski definition) is 5. The van der Waals surface area contributed by atoms with Gasteiger partial charge in [-0.1, -0.05) is 0 Å². The van der Waals surface area contributed by atoms with Gasteiger partial charge in [0.25, 0.3) is 0 Å². The van der Waals surface area contributed by atoms with E-state index in [2.05, 4.69) is 0 Å². The van der Waals surface area contributed by atoms with Crippen molar-refractivity contribution < 1.29 is 21.2 Å². The van der Waals surface area contributed by atoms with E-state index in [4.69, 9.17) is 5.73 Å². The van der Waals surface area contributed by atoms with Gasteiger partial charge in [-0.3, -0.25) is 0 Å². The molecule has 0 spiro atoms. The van der Waals surface area contributed by atoms with Gasteiger partial charge in [0.15, 0.2) is 9.84 Å². The summed E-state index contributed by atoms with van der Waals surface area (Å²) in [6.45, 7) is 1.50. The lowest BCUT2D eigenvalue weighted by Crippen LogP contribution is -2.34. The molecule has 9 heteroatoms. The van der Waals surface area contributed by atoms with Crippen LogP contribution in [0.2, 0.25) is 0 Å². The number of benzene rings is 1. The molecule has 2 N–H and O–H groups in total. The SMILES string of the molecule is Cc1cc(F)c(N)cc1S(=O)(=O)N1CCCS(=O)(=O)CC1. The lowest BCUT2D eigenvalue weighted by Gasteiger charge is -2.21. The van der Waals surface area contributed by atoms with Crippen LogP contribution in [-0.2, 0) is 19.9 Å². The van der Waals surface area contributed by atoms with Crippen LogP contribution in [0.25, 0.3) is 0 Å². The second kappa shape index (κ2) is 5.54. The first-order chi connectivity index (χ1) is 9.63. The molecule has 0 atom stereocenters. The largest absolute Gasteiger partial charge is 0.396 e. The number of rotatable bonds is 2. The highest BCUT2D eigenvalue weighted by Crippen LogP contribution is 2.25. The van der Waals surface area contributed by atoms with Crippen molar-refractivity contribution in [2.24, 2.45) is 0 Å². The van der Waals surface area contributed by atoms with E-state index in [1.807, 2.05) is 0 Å². The number of halogens is 1. The molecule has 6 nitrogen and oxygen atoms in total. The maximum absolute atomic E-state index is 13.3. The maximum atomic E-state index is 13.3. The summed E-state index contributed by atoms with van der Waals surface area (Å²) in [6, 6.07) is 2.15. The Kier molecular flexibility index (Phi) is 4.27. The van der Waals surface area contributed by atoms with Crippen LogP contribution >= 0.6 is 0 Å². The smallest absolute Gasteiger partial charge is 0.243 e. The molecule has 118 valence electrons. The molecule has 0 bridgehead atoms. The number of sulfonamides is 1. The third kappa shape index (κ3) is 3.35. The monoisotopic (exact) mass is 336 g/mol. The van der Waals surface area contributed by atoms with E-state index in [9.17, 15) is 21.2 Å². The van der Waals surface area contributed by atoms with Crippen molar-refractivity contribution in [2.45, 2.75) is 18.2 Å². The number of nitrogens with zero attached hydrogens (tertiary/aromatic N) is 1. The third-order valence-electron chi connectivity index (χ3n) is 3.43. The van der Waals surface area contributed by atoms with Gasteiger partial charge in [-0.05, 0) is 31.0 Å². The average Bonchev–Trinajstić information content (AvgIpc) is 2.55. The minimum absolute atomic E-state index is 0.0242. The van der Waals surface area contributed by atoms with Crippen molar-refractivity contribution >= 4 is 25.5 Å². The van der Waals surface area contributed by atoms with E-state index in [0.717, 1.165) is 16.4 Å². The predicted octanol–water partition coefficient (Wildman–Crippen LogP) is 0.526. The first-order valence-electron chi connectivity index (χ1n) is 6.40. The van der Waals surface area contributed by atoms with Gasteiger partial charge >= 0.3 is 0 Å². The molecule has 1 fully saturated rings. The van der Waals surface area contributed by atoms with Crippen molar-refractivity contribution in [2.75, 3.05) is 30.3 Å². The molecule has 0 amide bonds. The van der Waals surface area contributed by atoms with E-state index >= 15 is 0 Å². The fourth-order valence-corrected chi connectivity index (χ4v) is 5.35. The van der Waals surface area contributed by atoms with Gasteiger partial charge in [0.2, 0.25) is 10.0 Å². The van der Waals surface area contributed by atoms with E-state index in [0.29, 0.717) is 0 Å². The summed E-state index contributed by atoms with van der Waals surface area (Å²) >= 11 is 0. The number of nitrogens with two attached hydrogens (primary N) is 1. The Bertz CT molecular complexity index is 760. The van der Waals surface area contributed by atoms with Gasteiger partial charge in [-0.2, -0.15) is 4.31 Å². The van der Waals surface area contributed by atoms with Gasteiger partial charge < -0.3 is 5.73 Å². The molecular formula is C12H17FN2O4S2. The summed E-state index contributed by atoms with van der Waals surface area (Å²) in [5.74, 6) is -0.907. The Morgan fingerprint density at radius 2 is 1.90 bits per heavy atom. The minimum atomic E-state index is -3.88. The van der Waals surface area contributed by atoms with E-state index in [1.165, 1.54) is 6.92 Å². The second-order valence-electron chi connectivity index (χ2n) is 5.05. The molecule has 0 unspecified atom stereocenters. The topological polar surface area (TPSA) is 97.5 Å². The molecule has 0 aromatic heterocycles. The van der Waals surface area contributed by atoms with Crippen molar-refractivity contribution in [3.05, 3.63) is 23.5 Å². The maximum Gasteiger partial charge on any atom is 0.243 e. The second-order valence-corrected chi connectivity index (χ2v) is 9.26. The number of sulfone groups is 1. The zero-order chi connectivity index (χ0) is 15.8. The zero-order valence-corrected chi connectivity index (χ0v) is 13.2. The van der Waals surface area contributed by atoms with Gasteiger partial charge in [-0.25, -0.2) is 21.2 Å². The molecule has 1 aromatic rings. The van der Waals surface area contributed by atoms with Crippen molar-refractivity contribution in [3.63, 3.8) is 0 Å².